The lowest BCUT2D eigenvalue weighted by Crippen LogP contribution is -2.05. The number of carbonyl (C=O) groups is 1. The molecule has 0 amide bonds. The van der Waals surface area contributed by atoms with Crippen LogP contribution in [0.5, 0.6) is 0 Å². The van der Waals surface area contributed by atoms with Crippen molar-refractivity contribution in [1.29, 1.82) is 0 Å². The highest BCUT2D eigenvalue weighted by Gasteiger charge is 2.26. The second-order valence-electron chi connectivity index (χ2n) is 5.64. The normalized spacial score (nSPS) is 15.1. The highest BCUT2D eigenvalue weighted by Crippen LogP contribution is 2.32. The van der Waals surface area contributed by atoms with Gasteiger partial charge in [0.15, 0.2) is 5.70 Å². The first-order valence-electron chi connectivity index (χ1n) is 7.84. The van der Waals surface area contributed by atoms with Gasteiger partial charge in [0.1, 0.15) is 11.5 Å². The fraction of sp³-hybridized carbons (Fsp3) is 0. The summed E-state index contributed by atoms with van der Waals surface area (Å²) in [7, 11) is 0. The Hall–Kier alpha value is -2.53. The van der Waals surface area contributed by atoms with E-state index in [9.17, 15) is 4.79 Å². The maximum Gasteiger partial charge on any atom is 0.363 e. The summed E-state index contributed by atoms with van der Waals surface area (Å²) < 4.78 is 11.0. The fourth-order valence-corrected chi connectivity index (χ4v) is 3.15. The van der Waals surface area contributed by atoms with Crippen LogP contribution >= 0.6 is 34.8 Å². The molecule has 27 heavy (non-hydrogen) atoms. The van der Waals surface area contributed by atoms with Crippen molar-refractivity contribution < 1.29 is 13.9 Å². The zero-order valence-electron chi connectivity index (χ0n) is 13.6. The van der Waals surface area contributed by atoms with E-state index in [1.54, 1.807) is 54.6 Å². The van der Waals surface area contributed by atoms with Crippen molar-refractivity contribution in [2.75, 3.05) is 0 Å². The number of esters is 1. The van der Waals surface area contributed by atoms with Gasteiger partial charge in [-0.15, -0.1) is 0 Å². The first-order valence-corrected chi connectivity index (χ1v) is 8.97. The van der Waals surface area contributed by atoms with Crippen molar-refractivity contribution in [3.63, 3.8) is 0 Å². The summed E-state index contributed by atoms with van der Waals surface area (Å²) in [6, 6.07) is 15.5. The summed E-state index contributed by atoms with van der Waals surface area (Å²) in [5.41, 5.74) is 1.31. The molecule has 0 N–H and O–H groups in total. The predicted octanol–water partition coefficient (Wildman–Crippen LogP) is 6.25. The molecule has 4 rings (SSSR count). The third kappa shape index (κ3) is 3.65. The number of halogens is 3. The standard InChI is InChI=1S/C20H10Cl3NO3/c21-11-5-7-16(23)14(9-11)18-8-6-12(26-18)10-17-20(25)27-19(24-17)13-3-1-2-4-15(13)22/h1-10H. The molecule has 0 unspecified atom stereocenters. The van der Waals surface area contributed by atoms with Crippen LogP contribution in [0.4, 0.5) is 0 Å². The van der Waals surface area contributed by atoms with E-state index in [0.29, 0.717) is 37.7 Å². The monoisotopic (exact) mass is 417 g/mol. The number of ether oxygens (including phenoxy) is 1. The lowest BCUT2D eigenvalue weighted by atomic mass is 10.2. The van der Waals surface area contributed by atoms with Gasteiger partial charge in [-0.3, -0.25) is 0 Å². The molecule has 2 aromatic carbocycles. The van der Waals surface area contributed by atoms with Gasteiger partial charge >= 0.3 is 5.97 Å². The van der Waals surface area contributed by atoms with Gasteiger partial charge in [0.2, 0.25) is 5.90 Å². The molecule has 0 bridgehead atoms. The van der Waals surface area contributed by atoms with E-state index >= 15 is 0 Å². The number of cyclic esters (lactones) is 1. The average Bonchev–Trinajstić information content (AvgIpc) is 3.25. The van der Waals surface area contributed by atoms with E-state index in [2.05, 4.69) is 4.99 Å². The Morgan fingerprint density at radius 2 is 1.67 bits per heavy atom. The topological polar surface area (TPSA) is 51.8 Å². The SMILES string of the molecule is O=C1OC(c2ccccc2Cl)=NC1=Cc1ccc(-c2cc(Cl)ccc2Cl)o1. The largest absolute Gasteiger partial charge is 0.457 e. The number of furan rings is 1. The van der Waals surface area contributed by atoms with E-state index in [1.165, 1.54) is 6.08 Å². The third-order valence-electron chi connectivity index (χ3n) is 3.82. The van der Waals surface area contributed by atoms with Gasteiger partial charge in [-0.2, -0.15) is 0 Å². The van der Waals surface area contributed by atoms with Crippen molar-refractivity contribution in [3.8, 4) is 11.3 Å². The molecule has 1 aliphatic heterocycles. The van der Waals surface area contributed by atoms with Crippen LogP contribution in [0, 0.1) is 0 Å². The zero-order valence-corrected chi connectivity index (χ0v) is 15.8. The maximum absolute atomic E-state index is 12.1. The van der Waals surface area contributed by atoms with Crippen molar-refractivity contribution >= 4 is 52.7 Å². The minimum atomic E-state index is -0.580. The van der Waals surface area contributed by atoms with Crippen LogP contribution in [0.3, 0.4) is 0 Å². The molecule has 0 spiro atoms. The first-order chi connectivity index (χ1) is 13.0. The van der Waals surface area contributed by atoms with Crippen molar-refractivity contribution in [1.82, 2.24) is 0 Å². The molecular weight excluding hydrogens is 409 g/mol. The Kier molecular flexibility index (Phi) is 4.79. The number of aliphatic imine (C=N–C) groups is 1. The third-order valence-corrected chi connectivity index (χ3v) is 4.72. The molecule has 1 aliphatic rings. The molecule has 4 nitrogen and oxygen atoms in total. The quantitative estimate of drug-likeness (QED) is 0.373. The number of hydrogen-bond donors (Lipinski definition) is 0. The van der Waals surface area contributed by atoms with E-state index in [1.807, 2.05) is 0 Å². The first kappa shape index (κ1) is 17.9. The minimum absolute atomic E-state index is 0.114. The molecule has 2 heterocycles. The van der Waals surface area contributed by atoms with Gasteiger partial charge in [-0.05, 0) is 42.5 Å². The summed E-state index contributed by atoms with van der Waals surface area (Å²) in [6.45, 7) is 0. The van der Waals surface area contributed by atoms with E-state index in [-0.39, 0.29) is 11.6 Å². The van der Waals surface area contributed by atoms with Gasteiger partial charge in [-0.1, -0.05) is 46.9 Å². The summed E-state index contributed by atoms with van der Waals surface area (Å²) in [4.78, 5) is 16.3. The van der Waals surface area contributed by atoms with Gasteiger partial charge in [0.25, 0.3) is 0 Å². The second kappa shape index (κ2) is 7.24. The molecule has 134 valence electrons. The van der Waals surface area contributed by atoms with Gasteiger partial charge in [-0.25, -0.2) is 9.79 Å². The van der Waals surface area contributed by atoms with Crippen molar-refractivity contribution in [2.24, 2.45) is 4.99 Å². The van der Waals surface area contributed by atoms with Gasteiger partial charge in [0, 0.05) is 16.7 Å². The second-order valence-corrected chi connectivity index (χ2v) is 6.89. The Bertz CT molecular complexity index is 1120. The number of rotatable bonds is 3. The van der Waals surface area contributed by atoms with E-state index in [0.717, 1.165) is 0 Å². The number of benzene rings is 2. The molecule has 0 saturated carbocycles. The van der Waals surface area contributed by atoms with Crippen molar-refractivity contribution in [2.45, 2.75) is 0 Å². The van der Waals surface area contributed by atoms with Crippen LogP contribution in [-0.2, 0) is 9.53 Å². The maximum atomic E-state index is 12.1. The van der Waals surface area contributed by atoms with Crippen LogP contribution < -0.4 is 0 Å². The molecule has 7 heteroatoms. The molecule has 0 saturated heterocycles. The van der Waals surface area contributed by atoms with E-state index in [4.69, 9.17) is 44.0 Å². The van der Waals surface area contributed by atoms with Crippen LogP contribution in [0.2, 0.25) is 15.1 Å². The number of carbonyl (C=O) groups excluding carboxylic acids is 1. The van der Waals surface area contributed by atoms with Gasteiger partial charge in [0.05, 0.1) is 15.6 Å². The summed E-state index contributed by atoms with van der Waals surface area (Å²) in [6.07, 6.45) is 1.49. The molecule has 1 aromatic heterocycles. The lowest BCUT2D eigenvalue weighted by Gasteiger charge is -2.01. The molecule has 0 aliphatic carbocycles. The average molecular weight is 419 g/mol. The van der Waals surface area contributed by atoms with Crippen LogP contribution in [0.1, 0.15) is 11.3 Å². The lowest BCUT2D eigenvalue weighted by molar-refractivity contribution is -0.129. The predicted molar refractivity (Wildman–Crippen MR) is 106 cm³/mol. The highest BCUT2D eigenvalue weighted by atomic mass is 35.5. The number of hydrogen-bond acceptors (Lipinski definition) is 4. The summed E-state index contributed by atoms with van der Waals surface area (Å²) >= 11 is 18.3. The summed E-state index contributed by atoms with van der Waals surface area (Å²) in [5, 5.41) is 1.49. The molecule has 0 atom stereocenters. The fourth-order valence-electron chi connectivity index (χ4n) is 2.56. The number of nitrogens with zero attached hydrogens (tertiary/aromatic N) is 1. The molecular formula is C20H10Cl3NO3. The molecule has 0 radical (unpaired) electrons. The summed E-state index contributed by atoms with van der Waals surface area (Å²) in [5.74, 6) is 0.526. The van der Waals surface area contributed by atoms with Crippen molar-refractivity contribution in [3.05, 3.63) is 86.7 Å². The Morgan fingerprint density at radius 1 is 0.889 bits per heavy atom. The zero-order chi connectivity index (χ0) is 19.0. The molecule has 3 aromatic rings. The minimum Gasteiger partial charge on any atom is -0.457 e. The van der Waals surface area contributed by atoms with Crippen LogP contribution in [0.15, 0.2) is 69.7 Å². The Balaban J connectivity index is 1.66. The Labute approximate surface area is 169 Å². The molecule has 0 fully saturated rings. The van der Waals surface area contributed by atoms with Crippen LogP contribution in [-0.4, -0.2) is 11.9 Å². The Morgan fingerprint density at radius 3 is 2.48 bits per heavy atom. The highest BCUT2D eigenvalue weighted by molar-refractivity contribution is 6.35. The van der Waals surface area contributed by atoms with E-state index < -0.39 is 5.97 Å². The van der Waals surface area contributed by atoms with Crippen LogP contribution in [0.25, 0.3) is 17.4 Å². The smallest absolute Gasteiger partial charge is 0.363 e. The van der Waals surface area contributed by atoms with Gasteiger partial charge < -0.3 is 9.15 Å².